The number of rotatable bonds is 7. The van der Waals surface area contributed by atoms with E-state index in [0.717, 1.165) is 23.1 Å². The fraction of sp³-hybridized carbons (Fsp3) is 0.286. The van der Waals surface area contributed by atoms with Gasteiger partial charge in [-0.1, -0.05) is 17.8 Å². The summed E-state index contributed by atoms with van der Waals surface area (Å²) in [6, 6.07) is 3.78. The van der Waals surface area contributed by atoms with Crippen LogP contribution >= 0.6 is 11.8 Å². The molecule has 0 unspecified atom stereocenters. The van der Waals surface area contributed by atoms with Crippen LogP contribution in [0.25, 0.3) is 11.4 Å². The van der Waals surface area contributed by atoms with E-state index >= 15 is 0 Å². The maximum Gasteiger partial charge on any atom is 0.230 e. The van der Waals surface area contributed by atoms with Gasteiger partial charge in [-0.2, -0.15) is 0 Å². The highest BCUT2D eigenvalue weighted by Crippen LogP contribution is 2.23. The molecule has 0 fully saturated rings. The van der Waals surface area contributed by atoms with Crippen LogP contribution in [0.3, 0.4) is 0 Å². The quantitative estimate of drug-likeness (QED) is 0.623. The normalized spacial score (nSPS) is 10.3. The van der Waals surface area contributed by atoms with Crippen LogP contribution in [0.4, 0.5) is 0 Å². The van der Waals surface area contributed by atoms with Crippen LogP contribution in [-0.2, 0) is 11.3 Å². The van der Waals surface area contributed by atoms with E-state index in [9.17, 15) is 4.79 Å². The van der Waals surface area contributed by atoms with Crippen molar-refractivity contribution < 1.29 is 4.79 Å². The Bertz CT molecular complexity index is 611. The smallest absolute Gasteiger partial charge is 0.230 e. The molecule has 0 aliphatic rings. The summed E-state index contributed by atoms with van der Waals surface area (Å²) >= 11 is 1.37. The molecule has 0 saturated carbocycles. The Morgan fingerprint density at radius 1 is 1.43 bits per heavy atom. The number of hydrogen-bond donors (Lipinski definition) is 1. The summed E-state index contributed by atoms with van der Waals surface area (Å²) in [6.07, 6.45) is 5.10. The molecule has 0 atom stereocenters. The molecule has 0 aliphatic carbocycles. The third-order valence-corrected chi connectivity index (χ3v) is 3.71. The zero-order valence-corrected chi connectivity index (χ0v) is 12.6. The molecule has 0 saturated heterocycles. The van der Waals surface area contributed by atoms with Crippen molar-refractivity contribution in [1.82, 2.24) is 25.1 Å². The number of hydrogen-bond acceptors (Lipinski definition) is 5. The van der Waals surface area contributed by atoms with Gasteiger partial charge in [0.15, 0.2) is 11.0 Å². The first-order chi connectivity index (χ1) is 10.3. The topological polar surface area (TPSA) is 72.7 Å². The van der Waals surface area contributed by atoms with E-state index in [1.807, 2.05) is 23.6 Å². The molecule has 2 heterocycles. The third kappa shape index (κ3) is 3.91. The van der Waals surface area contributed by atoms with Crippen molar-refractivity contribution in [1.29, 1.82) is 0 Å². The molecular weight excluding hydrogens is 286 g/mol. The zero-order valence-electron chi connectivity index (χ0n) is 11.8. The molecule has 2 aromatic rings. The molecule has 1 amide bonds. The second kappa shape index (κ2) is 7.58. The lowest BCUT2D eigenvalue weighted by Gasteiger charge is -2.07. The lowest BCUT2D eigenvalue weighted by molar-refractivity contribution is -0.118. The van der Waals surface area contributed by atoms with E-state index in [4.69, 9.17) is 0 Å². The molecule has 0 spiro atoms. The van der Waals surface area contributed by atoms with Crippen LogP contribution in [0.1, 0.15) is 6.92 Å². The molecule has 2 aromatic heterocycles. The SMILES string of the molecule is C=CCNC(=O)CSc1nnc(-c2ccncc2)n1CC. The Morgan fingerprint density at radius 3 is 2.86 bits per heavy atom. The maximum absolute atomic E-state index is 11.6. The predicted molar refractivity (Wildman–Crippen MR) is 82.9 cm³/mol. The number of carbonyl (C=O) groups excluding carboxylic acids is 1. The van der Waals surface area contributed by atoms with Gasteiger partial charge in [0.05, 0.1) is 5.75 Å². The van der Waals surface area contributed by atoms with Crippen molar-refractivity contribution in [3.63, 3.8) is 0 Å². The Labute approximate surface area is 127 Å². The maximum atomic E-state index is 11.6. The van der Waals surface area contributed by atoms with Crippen molar-refractivity contribution in [3.05, 3.63) is 37.2 Å². The van der Waals surface area contributed by atoms with Crippen molar-refractivity contribution in [2.24, 2.45) is 0 Å². The van der Waals surface area contributed by atoms with E-state index in [0.29, 0.717) is 12.3 Å². The van der Waals surface area contributed by atoms with E-state index < -0.39 is 0 Å². The van der Waals surface area contributed by atoms with Crippen molar-refractivity contribution in [3.8, 4) is 11.4 Å². The Morgan fingerprint density at radius 2 is 2.19 bits per heavy atom. The summed E-state index contributed by atoms with van der Waals surface area (Å²) in [7, 11) is 0. The van der Waals surface area contributed by atoms with Crippen LogP contribution in [0.5, 0.6) is 0 Å². The fourth-order valence-electron chi connectivity index (χ4n) is 1.76. The fourth-order valence-corrected chi connectivity index (χ4v) is 2.59. The van der Waals surface area contributed by atoms with Gasteiger partial charge in [0.2, 0.25) is 5.91 Å². The summed E-state index contributed by atoms with van der Waals surface area (Å²) in [5.74, 6) is 1.05. The second-order valence-corrected chi connectivity index (χ2v) is 5.11. The van der Waals surface area contributed by atoms with Gasteiger partial charge in [-0.3, -0.25) is 9.78 Å². The predicted octanol–water partition coefficient (Wildman–Crippen LogP) is 1.75. The second-order valence-electron chi connectivity index (χ2n) is 4.17. The van der Waals surface area contributed by atoms with Crippen molar-refractivity contribution in [2.75, 3.05) is 12.3 Å². The number of nitrogens with zero attached hydrogens (tertiary/aromatic N) is 4. The number of aromatic nitrogens is 4. The van der Waals surface area contributed by atoms with Gasteiger partial charge in [0.1, 0.15) is 0 Å². The number of amides is 1. The Balaban J connectivity index is 2.09. The summed E-state index contributed by atoms with van der Waals surface area (Å²) < 4.78 is 1.99. The van der Waals surface area contributed by atoms with Gasteiger partial charge in [0.25, 0.3) is 0 Å². The minimum Gasteiger partial charge on any atom is -0.352 e. The van der Waals surface area contributed by atoms with Crippen LogP contribution in [0.2, 0.25) is 0 Å². The summed E-state index contributed by atoms with van der Waals surface area (Å²) in [5, 5.41) is 11.9. The molecule has 0 aromatic carbocycles. The van der Waals surface area contributed by atoms with Gasteiger partial charge in [-0.25, -0.2) is 0 Å². The van der Waals surface area contributed by atoms with Gasteiger partial charge >= 0.3 is 0 Å². The minimum atomic E-state index is -0.0454. The average Bonchev–Trinajstić information content (AvgIpc) is 2.94. The number of thioether (sulfide) groups is 1. The highest BCUT2D eigenvalue weighted by molar-refractivity contribution is 7.99. The lowest BCUT2D eigenvalue weighted by atomic mass is 10.2. The minimum absolute atomic E-state index is 0.0454. The van der Waals surface area contributed by atoms with E-state index in [1.165, 1.54) is 11.8 Å². The zero-order chi connectivity index (χ0) is 15.1. The molecule has 7 heteroatoms. The third-order valence-electron chi connectivity index (χ3n) is 2.75. The molecule has 0 bridgehead atoms. The van der Waals surface area contributed by atoms with Gasteiger partial charge in [-0.15, -0.1) is 16.8 Å². The van der Waals surface area contributed by atoms with E-state index in [-0.39, 0.29) is 5.91 Å². The van der Waals surface area contributed by atoms with Gasteiger partial charge < -0.3 is 9.88 Å². The Kier molecular flexibility index (Phi) is 5.51. The molecular formula is C14H17N5OS. The molecule has 6 nitrogen and oxygen atoms in total. The molecule has 1 N–H and O–H groups in total. The standard InChI is InChI=1S/C14H17N5OS/c1-3-7-16-12(20)10-21-14-18-17-13(19(14)4-2)11-5-8-15-9-6-11/h3,5-6,8-9H,1,4,7,10H2,2H3,(H,16,20). The van der Waals surface area contributed by atoms with Gasteiger partial charge in [-0.05, 0) is 19.1 Å². The van der Waals surface area contributed by atoms with Crippen LogP contribution in [0, 0.1) is 0 Å². The van der Waals surface area contributed by atoms with Gasteiger partial charge in [0, 0.05) is 31.0 Å². The first-order valence-electron chi connectivity index (χ1n) is 6.60. The van der Waals surface area contributed by atoms with Crippen molar-refractivity contribution in [2.45, 2.75) is 18.6 Å². The molecule has 21 heavy (non-hydrogen) atoms. The summed E-state index contributed by atoms with van der Waals surface area (Å²) in [4.78, 5) is 15.6. The summed E-state index contributed by atoms with van der Waals surface area (Å²) in [6.45, 7) is 6.80. The molecule has 110 valence electrons. The van der Waals surface area contributed by atoms with Crippen LogP contribution in [-0.4, -0.2) is 38.0 Å². The number of nitrogens with one attached hydrogen (secondary N) is 1. The highest BCUT2D eigenvalue weighted by Gasteiger charge is 2.14. The van der Waals surface area contributed by atoms with E-state index in [1.54, 1.807) is 18.5 Å². The molecule has 0 aliphatic heterocycles. The molecule has 0 radical (unpaired) electrons. The first-order valence-corrected chi connectivity index (χ1v) is 7.58. The van der Waals surface area contributed by atoms with Crippen LogP contribution in [0.15, 0.2) is 42.3 Å². The monoisotopic (exact) mass is 303 g/mol. The summed E-state index contributed by atoms with van der Waals surface area (Å²) in [5.41, 5.74) is 0.960. The van der Waals surface area contributed by atoms with Crippen LogP contribution < -0.4 is 5.32 Å². The Hall–Kier alpha value is -2.15. The van der Waals surface area contributed by atoms with E-state index in [2.05, 4.69) is 27.1 Å². The van der Waals surface area contributed by atoms with Crippen molar-refractivity contribution >= 4 is 17.7 Å². The number of pyridine rings is 1. The highest BCUT2D eigenvalue weighted by atomic mass is 32.2. The molecule has 2 rings (SSSR count). The lowest BCUT2D eigenvalue weighted by Crippen LogP contribution is -2.25. The number of carbonyl (C=O) groups is 1. The first kappa shape index (κ1) is 15.2. The largest absolute Gasteiger partial charge is 0.352 e. The average molecular weight is 303 g/mol.